The van der Waals surface area contributed by atoms with E-state index in [2.05, 4.69) is 4.98 Å². The summed E-state index contributed by atoms with van der Waals surface area (Å²) in [4.78, 5) is 14.8. The first-order valence-corrected chi connectivity index (χ1v) is 5.97. The van der Waals surface area contributed by atoms with Crippen LogP contribution in [-0.4, -0.2) is 14.5 Å². The Bertz CT molecular complexity index is 580. The van der Waals surface area contributed by atoms with Crippen LogP contribution in [0.25, 0.3) is 5.69 Å². The van der Waals surface area contributed by atoms with Crippen molar-refractivity contribution in [3.63, 3.8) is 0 Å². The van der Waals surface area contributed by atoms with Crippen LogP contribution in [0.1, 0.15) is 19.2 Å². The molecule has 0 aliphatic carbocycles. The maximum Gasteiger partial charge on any atom is 0.294 e. The van der Waals surface area contributed by atoms with Crippen LogP contribution >= 0.6 is 11.6 Å². The summed E-state index contributed by atoms with van der Waals surface area (Å²) in [7, 11) is 0. The number of benzene rings is 1. The van der Waals surface area contributed by atoms with Crippen molar-refractivity contribution >= 4 is 17.3 Å². The quantitative estimate of drug-likeness (QED) is 0.629. The van der Waals surface area contributed by atoms with Crippen LogP contribution in [0.5, 0.6) is 0 Å². The Labute approximate surface area is 109 Å². The van der Waals surface area contributed by atoms with E-state index in [4.69, 9.17) is 11.6 Å². The Balaban J connectivity index is 2.56. The summed E-state index contributed by atoms with van der Waals surface area (Å²) in [5.41, 5.74) is 0.475. The SMILES string of the molecule is CCCc1nccn1-c1ccc(Cl)cc1[N+](=O)[O-]. The molecule has 5 nitrogen and oxygen atoms in total. The molecule has 0 atom stereocenters. The number of nitrogens with zero attached hydrogens (tertiary/aromatic N) is 3. The molecule has 0 amide bonds. The highest BCUT2D eigenvalue weighted by Crippen LogP contribution is 2.27. The molecule has 94 valence electrons. The summed E-state index contributed by atoms with van der Waals surface area (Å²) in [6.45, 7) is 2.04. The number of aryl methyl sites for hydroxylation is 1. The predicted octanol–water partition coefficient (Wildman–Crippen LogP) is 3.39. The zero-order chi connectivity index (χ0) is 13.1. The van der Waals surface area contributed by atoms with E-state index in [1.165, 1.54) is 6.07 Å². The lowest BCUT2D eigenvalue weighted by atomic mass is 10.2. The van der Waals surface area contributed by atoms with E-state index in [-0.39, 0.29) is 5.69 Å². The van der Waals surface area contributed by atoms with Crippen molar-refractivity contribution in [2.75, 3.05) is 0 Å². The monoisotopic (exact) mass is 265 g/mol. The molecule has 0 aliphatic rings. The lowest BCUT2D eigenvalue weighted by molar-refractivity contribution is -0.384. The highest BCUT2D eigenvalue weighted by Gasteiger charge is 2.17. The fourth-order valence-corrected chi connectivity index (χ4v) is 1.98. The lowest BCUT2D eigenvalue weighted by Crippen LogP contribution is -2.03. The molecule has 0 fully saturated rings. The standard InChI is InChI=1S/C12H12ClN3O2/c1-2-3-12-14-6-7-15(12)10-5-4-9(13)8-11(10)16(17)18/h4-8H,2-3H2,1H3. The molecule has 1 aromatic carbocycles. The summed E-state index contributed by atoms with van der Waals surface area (Å²) in [5, 5.41) is 11.4. The van der Waals surface area contributed by atoms with Gasteiger partial charge in [-0.1, -0.05) is 18.5 Å². The third-order valence-corrected chi connectivity index (χ3v) is 2.82. The molecule has 0 unspecified atom stereocenters. The first-order valence-electron chi connectivity index (χ1n) is 5.60. The van der Waals surface area contributed by atoms with Crippen LogP contribution in [0.3, 0.4) is 0 Å². The third-order valence-electron chi connectivity index (χ3n) is 2.58. The Morgan fingerprint density at radius 3 is 2.94 bits per heavy atom. The number of nitro groups is 1. The van der Waals surface area contributed by atoms with Crippen LogP contribution < -0.4 is 0 Å². The van der Waals surface area contributed by atoms with Gasteiger partial charge in [-0.05, 0) is 18.6 Å². The van der Waals surface area contributed by atoms with Gasteiger partial charge in [-0.3, -0.25) is 14.7 Å². The minimum atomic E-state index is -0.434. The zero-order valence-electron chi connectivity index (χ0n) is 9.84. The van der Waals surface area contributed by atoms with E-state index in [1.54, 1.807) is 29.1 Å². The number of rotatable bonds is 4. The molecule has 2 rings (SSSR count). The minimum Gasteiger partial charge on any atom is -0.298 e. The normalized spacial score (nSPS) is 10.6. The van der Waals surface area contributed by atoms with Gasteiger partial charge in [0.05, 0.1) is 4.92 Å². The fraction of sp³-hybridized carbons (Fsp3) is 0.250. The highest BCUT2D eigenvalue weighted by atomic mass is 35.5. The number of nitro benzene ring substituents is 1. The molecular formula is C12H12ClN3O2. The highest BCUT2D eigenvalue weighted by molar-refractivity contribution is 6.30. The van der Waals surface area contributed by atoms with E-state index in [0.717, 1.165) is 18.7 Å². The summed E-state index contributed by atoms with van der Waals surface area (Å²) in [6, 6.07) is 4.63. The zero-order valence-corrected chi connectivity index (χ0v) is 10.6. The van der Waals surface area contributed by atoms with Crippen molar-refractivity contribution in [2.24, 2.45) is 0 Å². The first kappa shape index (κ1) is 12.6. The Morgan fingerprint density at radius 2 is 2.28 bits per heavy atom. The average Bonchev–Trinajstić information content (AvgIpc) is 2.77. The molecule has 0 saturated heterocycles. The van der Waals surface area contributed by atoms with Crippen molar-refractivity contribution in [1.82, 2.24) is 9.55 Å². The van der Waals surface area contributed by atoms with E-state index in [1.807, 2.05) is 6.92 Å². The van der Waals surface area contributed by atoms with Gasteiger partial charge in [-0.15, -0.1) is 0 Å². The molecule has 18 heavy (non-hydrogen) atoms. The van der Waals surface area contributed by atoms with Crippen molar-refractivity contribution in [3.05, 3.63) is 51.6 Å². The largest absolute Gasteiger partial charge is 0.298 e. The smallest absolute Gasteiger partial charge is 0.294 e. The molecule has 6 heteroatoms. The number of imidazole rings is 1. The van der Waals surface area contributed by atoms with Crippen molar-refractivity contribution in [1.29, 1.82) is 0 Å². The van der Waals surface area contributed by atoms with Crippen LogP contribution in [0, 0.1) is 10.1 Å². The van der Waals surface area contributed by atoms with E-state index in [9.17, 15) is 10.1 Å². The van der Waals surface area contributed by atoms with Crippen molar-refractivity contribution in [3.8, 4) is 5.69 Å². The van der Waals surface area contributed by atoms with Crippen LogP contribution in [-0.2, 0) is 6.42 Å². The van der Waals surface area contributed by atoms with Crippen LogP contribution in [0.2, 0.25) is 5.02 Å². The molecule has 1 aromatic heterocycles. The second kappa shape index (κ2) is 5.18. The van der Waals surface area contributed by atoms with Gasteiger partial charge in [0.15, 0.2) is 0 Å². The predicted molar refractivity (Wildman–Crippen MR) is 69.2 cm³/mol. The average molecular weight is 266 g/mol. The lowest BCUT2D eigenvalue weighted by Gasteiger charge is -2.08. The van der Waals surface area contributed by atoms with Gasteiger partial charge in [0.25, 0.3) is 5.69 Å². The van der Waals surface area contributed by atoms with Gasteiger partial charge in [0, 0.05) is 29.9 Å². The number of aromatic nitrogens is 2. The van der Waals surface area contributed by atoms with E-state index >= 15 is 0 Å². The second-order valence-corrected chi connectivity index (χ2v) is 4.29. The molecule has 0 bridgehead atoms. The van der Waals surface area contributed by atoms with Gasteiger partial charge in [0.2, 0.25) is 0 Å². The molecular weight excluding hydrogens is 254 g/mol. The molecule has 2 aromatic rings. The Kier molecular flexibility index (Phi) is 3.62. The number of hydrogen-bond acceptors (Lipinski definition) is 3. The molecule has 0 spiro atoms. The summed E-state index contributed by atoms with van der Waals surface area (Å²) < 4.78 is 1.73. The first-order chi connectivity index (χ1) is 8.63. The molecule has 0 aliphatic heterocycles. The maximum absolute atomic E-state index is 11.1. The van der Waals surface area contributed by atoms with Crippen molar-refractivity contribution < 1.29 is 4.92 Å². The van der Waals surface area contributed by atoms with Gasteiger partial charge in [-0.2, -0.15) is 0 Å². The topological polar surface area (TPSA) is 61.0 Å². The van der Waals surface area contributed by atoms with Gasteiger partial charge < -0.3 is 0 Å². The van der Waals surface area contributed by atoms with Gasteiger partial charge in [0.1, 0.15) is 11.5 Å². The molecule has 1 heterocycles. The number of hydrogen-bond donors (Lipinski definition) is 0. The van der Waals surface area contributed by atoms with Gasteiger partial charge in [-0.25, -0.2) is 4.98 Å². The maximum atomic E-state index is 11.1. The second-order valence-electron chi connectivity index (χ2n) is 3.85. The summed E-state index contributed by atoms with van der Waals surface area (Å²) >= 11 is 5.79. The van der Waals surface area contributed by atoms with Crippen LogP contribution in [0.15, 0.2) is 30.6 Å². The Morgan fingerprint density at radius 1 is 1.50 bits per heavy atom. The van der Waals surface area contributed by atoms with E-state index < -0.39 is 4.92 Å². The third kappa shape index (κ3) is 2.36. The molecule has 0 saturated carbocycles. The summed E-state index contributed by atoms with van der Waals surface area (Å²) in [5.74, 6) is 0.808. The van der Waals surface area contributed by atoms with E-state index in [0.29, 0.717) is 10.7 Å². The fourth-order valence-electron chi connectivity index (χ4n) is 1.81. The molecule has 0 N–H and O–H groups in total. The summed E-state index contributed by atoms with van der Waals surface area (Å²) in [6.07, 6.45) is 5.07. The van der Waals surface area contributed by atoms with Gasteiger partial charge >= 0.3 is 0 Å². The number of halogens is 1. The Hall–Kier alpha value is -1.88. The molecule has 0 radical (unpaired) electrons. The van der Waals surface area contributed by atoms with Crippen LogP contribution in [0.4, 0.5) is 5.69 Å². The minimum absolute atomic E-state index is 0.0159. The van der Waals surface area contributed by atoms with Crippen molar-refractivity contribution in [2.45, 2.75) is 19.8 Å².